The number of hydrogen-bond donors (Lipinski definition) is 1. The number of unbranched alkanes of at least 4 members (excludes halogenated alkanes) is 1. The molecule has 0 atom stereocenters. The predicted octanol–water partition coefficient (Wildman–Crippen LogP) is 5.50. The number of phenolic OH excluding ortho intramolecular Hbond substituents is 1. The Bertz CT molecular complexity index is 858. The largest absolute Gasteiger partial charge is 0.507 e. The Labute approximate surface area is 165 Å². The molecule has 0 spiro atoms. The summed E-state index contributed by atoms with van der Waals surface area (Å²) in [7, 11) is 1.16. The fourth-order valence-electron chi connectivity index (χ4n) is 2.52. The third kappa shape index (κ3) is 6.23. The number of hydrogen-bond acceptors (Lipinski definition) is 4. The number of esters is 1. The molecule has 0 unspecified atom stereocenters. The lowest BCUT2D eigenvalue weighted by atomic mass is 10.0. The molecule has 0 fully saturated rings. The van der Waals surface area contributed by atoms with Crippen molar-refractivity contribution in [2.75, 3.05) is 20.4 Å². The van der Waals surface area contributed by atoms with Gasteiger partial charge in [0.05, 0.1) is 26.0 Å². The van der Waals surface area contributed by atoms with Crippen molar-refractivity contribution in [3.63, 3.8) is 0 Å². The molecule has 0 heterocycles. The Kier molecular flexibility index (Phi) is 7.64. The Morgan fingerprint density at radius 2 is 1.79 bits per heavy atom. The molecule has 0 aromatic heterocycles. The SMILES string of the molecule is COC(=O)c1c(O)cc(OCCCCF)cc1/C=C/c1ccc(C(F)(F)F)cc1. The smallest absolute Gasteiger partial charge is 0.416 e. The standard InChI is InChI=1S/C21H20F4O4/c1-28-20(27)19-15(12-17(13-18(19)26)29-11-3-2-10-22)7-4-14-5-8-16(9-6-14)21(23,24)25/h4-9,12-13,26H,2-3,10-11H2,1H3/b7-4+. The maximum atomic E-state index is 12.7. The van der Waals surface area contributed by atoms with Crippen LogP contribution in [0.1, 0.15) is 39.9 Å². The van der Waals surface area contributed by atoms with Crippen LogP contribution in [0.4, 0.5) is 17.6 Å². The lowest BCUT2D eigenvalue weighted by Gasteiger charge is -2.11. The first-order valence-corrected chi connectivity index (χ1v) is 8.75. The van der Waals surface area contributed by atoms with E-state index in [1.54, 1.807) is 0 Å². The molecule has 0 bridgehead atoms. The molecule has 156 valence electrons. The van der Waals surface area contributed by atoms with Crippen molar-refractivity contribution in [2.24, 2.45) is 0 Å². The van der Waals surface area contributed by atoms with Gasteiger partial charge in [0.25, 0.3) is 0 Å². The van der Waals surface area contributed by atoms with E-state index in [-0.39, 0.29) is 29.2 Å². The third-order valence-electron chi connectivity index (χ3n) is 4.00. The van der Waals surface area contributed by atoms with Crippen LogP contribution in [0, 0.1) is 0 Å². The average Bonchev–Trinajstić information content (AvgIpc) is 2.68. The van der Waals surface area contributed by atoms with Crippen molar-refractivity contribution in [1.29, 1.82) is 0 Å². The monoisotopic (exact) mass is 412 g/mol. The molecule has 2 rings (SSSR count). The predicted molar refractivity (Wildman–Crippen MR) is 101 cm³/mol. The molecule has 1 N–H and O–H groups in total. The van der Waals surface area contributed by atoms with Gasteiger partial charge < -0.3 is 14.6 Å². The van der Waals surface area contributed by atoms with Gasteiger partial charge in [-0.15, -0.1) is 0 Å². The first kappa shape index (κ1) is 22.3. The fraction of sp³-hybridized carbons (Fsp3) is 0.286. The van der Waals surface area contributed by atoms with Crippen LogP contribution in [-0.2, 0) is 10.9 Å². The lowest BCUT2D eigenvalue weighted by molar-refractivity contribution is -0.137. The summed E-state index contributed by atoms with van der Waals surface area (Å²) in [6, 6.07) is 7.20. The number of benzene rings is 2. The quantitative estimate of drug-likeness (QED) is 0.269. The molecule has 2 aromatic carbocycles. The summed E-state index contributed by atoms with van der Waals surface area (Å²) in [5.41, 5.74) is -0.155. The van der Waals surface area contributed by atoms with E-state index >= 15 is 0 Å². The van der Waals surface area contributed by atoms with E-state index in [1.807, 2.05) is 0 Å². The zero-order chi connectivity index (χ0) is 21.4. The number of carbonyl (C=O) groups excluding carboxylic acids is 1. The van der Waals surface area contributed by atoms with E-state index in [0.29, 0.717) is 18.4 Å². The second-order valence-corrected chi connectivity index (χ2v) is 6.10. The summed E-state index contributed by atoms with van der Waals surface area (Å²) >= 11 is 0. The Morgan fingerprint density at radius 1 is 1.10 bits per heavy atom. The Balaban J connectivity index is 2.31. The molecular formula is C21H20F4O4. The van der Waals surface area contributed by atoms with Gasteiger partial charge >= 0.3 is 12.1 Å². The van der Waals surface area contributed by atoms with E-state index in [0.717, 1.165) is 19.2 Å². The van der Waals surface area contributed by atoms with Gasteiger partial charge in [-0.2, -0.15) is 13.2 Å². The Morgan fingerprint density at radius 3 is 2.38 bits per heavy atom. The highest BCUT2D eigenvalue weighted by Crippen LogP contribution is 2.31. The number of carbonyl (C=O) groups is 1. The first-order chi connectivity index (χ1) is 13.8. The normalized spacial score (nSPS) is 11.6. The van der Waals surface area contributed by atoms with Crippen molar-refractivity contribution in [1.82, 2.24) is 0 Å². The van der Waals surface area contributed by atoms with Crippen LogP contribution in [0.15, 0.2) is 36.4 Å². The van der Waals surface area contributed by atoms with Crippen LogP contribution in [0.3, 0.4) is 0 Å². The number of phenols is 1. The molecule has 0 saturated carbocycles. The molecule has 0 aliphatic heterocycles. The van der Waals surface area contributed by atoms with Crippen molar-refractivity contribution in [3.8, 4) is 11.5 Å². The fourth-order valence-corrected chi connectivity index (χ4v) is 2.52. The van der Waals surface area contributed by atoms with E-state index < -0.39 is 24.4 Å². The van der Waals surface area contributed by atoms with E-state index in [2.05, 4.69) is 4.74 Å². The molecule has 29 heavy (non-hydrogen) atoms. The summed E-state index contributed by atoms with van der Waals surface area (Å²) in [6.45, 7) is -0.236. The summed E-state index contributed by atoms with van der Waals surface area (Å²) < 4.78 is 60.3. The highest BCUT2D eigenvalue weighted by Gasteiger charge is 2.29. The molecule has 4 nitrogen and oxygen atoms in total. The molecule has 0 aliphatic rings. The van der Waals surface area contributed by atoms with E-state index in [4.69, 9.17) is 4.74 Å². The minimum absolute atomic E-state index is 0.105. The number of methoxy groups -OCH3 is 1. The maximum absolute atomic E-state index is 12.7. The molecule has 0 radical (unpaired) electrons. The van der Waals surface area contributed by atoms with Gasteiger partial charge in [-0.25, -0.2) is 4.79 Å². The van der Waals surface area contributed by atoms with Crippen molar-refractivity contribution in [3.05, 3.63) is 58.7 Å². The number of rotatable bonds is 8. The van der Waals surface area contributed by atoms with Crippen LogP contribution in [0.5, 0.6) is 11.5 Å². The highest BCUT2D eigenvalue weighted by atomic mass is 19.4. The zero-order valence-corrected chi connectivity index (χ0v) is 15.6. The molecular weight excluding hydrogens is 392 g/mol. The first-order valence-electron chi connectivity index (χ1n) is 8.75. The van der Waals surface area contributed by atoms with Gasteiger partial charge in [-0.3, -0.25) is 4.39 Å². The number of alkyl halides is 4. The van der Waals surface area contributed by atoms with Crippen molar-refractivity contribution >= 4 is 18.1 Å². The van der Waals surface area contributed by atoms with Crippen LogP contribution < -0.4 is 4.74 Å². The number of halogens is 4. The highest BCUT2D eigenvalue weighted by molar-refractivity contribution is 5.98. The van der Waals surface area contributed by atoms with Crippen molar-refractivity contribution in [2.45, 2.75) is 19.0 Å². The molecule has 2 aromatic rings. The summed E-state index contributed by atoms with van der Waals surface area (Å²) in [6.07, 6.45) is -0.656. The van der Waals surface area contributed by atoms with Gasteiger partial charge in [0.2, 0.25) is 0 Å². The molecule has 0 saturated heterocycles. The Hall–Kier alpha value is -3.03. The second-order valence-electron chi connectivity index (χ2n) is 6.10. The van der Waals surface area contributed by atoms with Gasteiger partial charge in [0, 0.05) is 6.07 Å². The topological polar surface area (TPSA) is 55.8 Å². The van der Waals surface area contributed by atoms with Gasteiger partial charge in [-0.1, -0.05) is 24.3 Å². The molecule has 8 heteroatoms. The molecule has 0 aliphatic carbocycles. The van der Waals surface area contributed by atoms with E-state index in [1.165, 1.54) is 36.4 Å². The summed E-state index contributed by atoms with van der Waals surface area (Å²) in [4.78, 5) is 12.0. The third-order valence-corrected chi connectivity index (χ3v) is 4.00. The lowest BCUT2D eigenvalue weighted by Crippen LogP contribution is -2.06. The second kappa shape index (κ2) is 9.95. The summed E-state index contributed by atoms with van der Waals surface area (Å²) in [5, 5.41) is 10.2. The summed E-state index contributed by atoms with van der Waals surface area (Å²) in [5.74, 6) is -0.883. The number of ether oxygens (including phenoxy) is 2. The van der Waals surface area contributed by atoms with Crippen LogP contribution in [-0.4, -0.2) is 31.5 Å². The maximum Gasteiger partial charge on any atom is 0.416 e. The minimum atomic E-state index is -4.43. The van der Waals surface area contributed by atoms with Gasteiger partial charge in [-0.05, 0) is 42.2 Å². The van der Waals surface area contributed by atoms with Crippen molar-refractivity contribution < 1.29 is 36.9 Å². The van der Waals surface area contributed by atoms with Crippen LogP contribution in [0.25, 0.3) is 12.2 Å². The van der Waals surface area contributed by atoms with Crippen LogP contribution >= 0.6 is 0 Å². The van der Waals surface area contributed by atoms with E-state index in [9.17, 15) is 27.5 Å². The van der Waals surface area contributed by atoms with Crippen LogP contribution in [0.2, 0.25) is 0 Å². The molecule has 0 amide bonds. The minimum Gasteiger partial charge on any atom is -0.507 e. The zero-order valence-electron chi connectivity index (χ0n) is 15.6. The van der Waals surface area contributed by atoms with Gasteiger partial charge in [0.1, 0.15) is 17.1 Å². The number of aromatic hydroxyl groups is 1. The van der Waals surface area contributed by atoms with Gasteiger partial charge in [0.15, 0.2) is 0 Å². The average molecular weight is 412 g/mol.